The van der Waals surface area contributed by atoms with Crippen LogP contribution in [0.4, 0.5) is 0 Å². The van der Waals surface area contributed by atoms with E-state index < -0.39 is 0 Å². The van der Waals surface area contributed by atoms with Crippen LogP contribution in [-0.4, -0.2) is 47.6 Å². The zero-order valence-electron chi connectivity index (χ0n) is 13.5. The van der Waals surface area contributed by atoms with Crippen LogP contribution >= 0.6 is 11.8 Å². The SMILES string of the molecule is CSC1CCCC(N2CC(C3CC3)NCC2C(C)C)C1. The molecular formula is C17H32N2S. The van der Waals surface area contributed by atoms with Crippen LogP contribution in [0.25, 0.3) is 0 Å². The molecule has 1 aliphatic heterocycles. The third-order valence-corrected chi connectivity index (χ3v) is 6.88. The van der Waals surface area contributed by atoms with Crippen molar-refractivity contribution < 1.29 is 0 Å². The van der Waals surface area contributed by atoms with E-state index in [-0.39, 0.29) is 0 Å². The number of rotatable bonds is 4. The highest BCUT2D eigenvalue weighted by Crippen LogP contribution is 2.37. The lowest BCUT2D eigenvalue weighted by Gasteiger charge is -2.48. The second-order valence-electron chi connectivity index (χ2n) is 7.54. The van der Waals surface area contributed by atoms with Gasteiger partial charge in [0.2, 0.25) is 0 Å². The van der Waals surface area contributed by atoms with Gasteiger partial charge in [-0.25, -0.2) is 0 Å². The molecule has 0 spiro atoms. The van der Waals surface area contributed by atoms with E-state index in [1.807, 2.05) is 0 Å². The summed E-state index contributed by atoms with van der Waals surface area (Å²) in [5.41, 5.74) is 0. The highest BCUT2D eigenvalue weighted by atomic mass is 32.2. The number of nitrogens with zero attached hydrogens (tertiary/aromatic N) is 1. The molecule has 2 nitrogen and oxygen atoms in total. The van der Waals surface area contributed by atoms with Crippen LogP contribution in [0.2, 0.25) is 0 Å². The van der Waals surface area contributed by atoms with Gasteiger partial charge in [0, 0.05) is 36.5 Å². The third-order valence-electron chi connectivity index (χ3n) is 5.78. The number of piperazine rings is 1. The van der Waals surface area contributed by atoms with E-state index in [0.29, 0.717) is 0 Å². The number of nitrogens with one attached hydrogen (secondary N) is 1. The molecule has 0 amide bonds. The number of hydrogen-bond acceptors (Lipinski definition) is 3. The molecular weight excluding hydrogens is 264 g/mol. The van der Waals surface area contributed by atoms with Crippen LogP contribution in [0, 0.1) is 11.8 Å². The van der Waals surface area contributed by atoms with Gasteiger partial charge in [0.15, 0.2) is 0 Å². The number of hydrogen-bond donors (Lipinski definition) is 1. The first kappa shape index (κ1) is 15.2. The normalized spacial score (nSPS) is 40.2. The van der Waals surface area contributed by atoms with E-state index in [4.69, 9.17) is 0 Å². The molecule has 4 unspecified atom stereocenters. The topological polar surface area (TPSA) is 15.3 Å². The first-order valence-electron chi connectivity index (χ1n) is 8.71. The standard InChI is InChI=1S/C17H32N2S/c1-12(2)17-10-18-16(13-7-8-13)11-19(17)14-5-4-6-15(9-14)20-3/h12-18H,4-11H2,1-3H3. The maximum atomic E-state index is 3.86. The predicted molar refractivity (Wildman–Crippen MR) is 89.4 cm³/mol. The van der Waals surface area contributed by atoms with Crippen LogP contribution in [0.15, 0.2) is 0 Å². The lowest BCUT2D eigenvalue weighted by molar-refractivity contribution is 0.0362. The van der Waals surface area contributed by atoms with Gasteiger partial charge in [0.05, 0.1) is 0 Å². The lowest BCUT2D eigenvalue weighted by atomic mass is 9.88. The van der Waals surface area contributed by atoms with Gasteiger partial charge in [0.25, 0.3) is 0 Å². The Hall–Kier alpha value is 0.270. The van der Waals surface area contributed by atoms with Crippen molar-refractivity contribution in [1.82, 2.24) is 10.2 Å². The fourth-order valence-corrected chi connectivity index (χ4v) is 5.12. The fourth-order valence-electron chi connectivity index (χ4n) is 4.30. The van der Waals surface area contributed by atoms with Crippen molar-refractivity contribution in [2.75, 3.05) is 19.3 Å². The van der Waals surface area contributed by atoms with E-state index in [1.165, 1.54) is 51.6 Å². The van der Waals surface area contributed by atoms with Gasteiger partial charge >= 0.3 is 0 Å². The number of thioether (sulfide) groups is 1. The van der Waals surface area contributed by atoms with E-state index in [0.717, 1.165) is 35.2 Å². The Morgan fingerprint density at radius 2 is 1.95 bits per heavy atom. The highest BCUT2D eigenvalue weighted by Gasteiger charge is 2.41. The Morgan fingerprint density at radius 1 is 1.15 bits per heavy atom. The van der Waals surface area contributed by atoms with Crippen molar-refractivity contribution in [3.05, 3.63) is 0 Å². The zero-order valence-corrected chi connectivity index (χ0v) is 14.3. The van der Waals surface area contributed by atoms with Crippen molar-refractivity contribution in [2.24, 2.45) is 11.8 Å². The second kappa shape index (κ2) is 6.58. The van der Waals surface area contributed by atoms with E-state index in [9.17, 15) is 0 Å². The Bertz CT molecular complexity index is 316. The van der Waals surface area contributed by atoms with Crippen molar-refractivity contribution >= 4 is 11.8 Å². The van der Waals surface area contributed by atoms with Gasteiger partial charge in [-0.2, -0.15) is 11.8 Å². The van der Waals surface area contributed by atoms with E-state index in [2.05, 4.69) is 42.1 Å². The first-order chi connectivity index (χ1) is 9.69. The molecule has 3 aliphatic rings. The molecule has 2 saturated carbocycles. The molecule has 0 aromatic carbocycles. The quantitative estimate of drug-likeness (QED) is 0.856. The average Bonchev–Trinajstić information content (AvgIpc) is 3.31. The van der Waals surface area contributed by atoms with Gasteiger partial charge in [-0.1, -0.05) is 20.3 Å². The highest BCUT2D eigenvalue weighted by molar-refractivity contribution is 7.99. The molecule has 1 N–H and O–H groups in total. The minimum Gasteiger partial charge on any atom is -0.311 e. The summed E-state index contributed by atoms with van der Waals surface area (Å²) >= 11 is 2.10. The van der Waals surface area contributed by atoms with Crippen LogP contribution in [0.5, 0.6) is 0 Å². The summed E-state index contributed by atoms with van der Waals surface area (Å²) in [5.74, 6) is 1.77. The monoisotopic (exact) mass is 296 g/mol. The summed E-state index contributed by atoms with van der Waals surface area (Å²) in [7, 11) is 0. The van der Waals surface area contributed by atoms with Gasteiger partial charge in [0.1, 0.15) is 0 Å². The Balaban J connectivity index is 1.67. The molecule has 3 heteroatoms. The molecule has 1 saturated heterocycles. The van der Waals surface area contributed by atoms with Crippen LogP contribution in [0.1, 0.15) is 52.4 Å². The molecule has 0 radical (unpaired) electrons. The van der Waals surface area contributed by atoms with Crippen molar-refractivity contribution in [3.8, 4) is 0 Å². The van der Waals surface area contributed by atoms with Gasteiger partial charge < -0.3 is 5.32 Å². The maximum absolute atomic E-state index is 3.86. The molecule has 20 heavy (non-hydrogen) atoms. The minimum absolute atomic E-state index is 0.760. The lowest BCUT2D eigenvalue weighted by Crippen LogP contribution is -2.62. The molecule has 0 aromatic rings. The Labute approximate surface area is 129 Å². The molecule has 0 aromatic heterocycles. The summed E-state index contributed by atoms with van der Waals surface area (Å²) in [5, 5.41) is 4.77. The first-order valence-corrected chi connectivity index (χ1v) is 9.99. The largest absolute Gasteiger partial charge is 0.311 e. The van der Waals surface area contributed by atoms with Gasteiger partial charge in [-0.05, 0) is 50.2 Å². The smallest absolute Gasteiger partial charge is 0.0247 e. The van der Waals surface area contributed by atoms with Crippen LogP contribution in [0.3, 0.4) is 0 Å². The summed E-state index contributed by atoms with van der Waals surface area (Å²) in [6.07, 6.45) is 11.0. The molecule has 3 fully saturated rings. The summed E-state index contributed by atoms with van der Waals surface area (Å²) in [6.45, 7) is 7.36. The molecule has 4 atom stereocenters. The minimum atomic E-state index is 0.760. The summed E-state index contributed by atoms with van der Waals surface area (Å²) in [4.78, 5) is 2.92. The molecule has 0 bridgehead atoms. The third kappa shape index (κ3) is 3.36. The summed E-state index contributed by atoms with van der Waals surface area (Å²) < 4.78 is 0. The van der Waals surface area contributed by atoms with Crippen molar-refractivity contribution in [2.45, 2.75) is 75.7 Å². The molecule has 116 valence electrons. The molecule has 3 rings (SSSR count). The van der Waals surface area contributed by atoms with E-state index in [1.54, 1.807) is 0 Å². The van der Waals surface area contributed by atoms with Gasteiger partial charge in [-0.15, -0.1) is 0 Å². The average molecular weight is 297 g/mol. The molecule has 2 aliphatic carbocycles. The maximum Gasteiger partial charge on any atom is 0.0247 e. The van der Waals surface area contributed by atoms with Crippen molar-refractivity contribution in [3.63, 3.8) is 0 Å². The second-order valence-corrected chi connectivity index (χ2v) is 8.68. The van der Waals surface area contributed by atoms with Gasteiger partial charge in [-0.3, -0.25) is 4.90 Å². The van der Waals surface area contributed by atoms with Crippen LogP contribution in [-0.2, 0) is 0 Å². The van der Waals surface area contributed by atoms with Crippen molar-refractivity contribution in [1.29, 1.82) is 0 Å². The summed E-state index contributed by atoms with van der Waals surface area (Å²) in [6, 6.07) is 2.41. The van der Waals surface area contributed by atoms with Crippen LogP contribution < -0.4 is 5.32 Å². The fraction of sp³-hybridized carbons (Fsp3) is 1.00. The Morgan fingerprint density at radius 3 is 2.60 bits per heavy atom. The molecule has 1 heterocycles. The predicted octanol–water partition coefficient (Wildman–Crippen LogP) is 3.37. The zero-order chi connectivity index (χ0) is 14.1. The van der Waals surface area contributed by atoms with E-state index >= 15 is 0 Å². The Kier molecular flexibility index (Phi) is 4.99.